The van der Waals surface area contributed by atoms with Gasteiger partial charge in [0.25, 0.3) is 0 Å². The summed E-state index contributed by atoms with van der Waals surface area (Å²) in [6.45, 7) is 14.6. The monoisotopic (exact) mass is 941 g/mol. The average Bonchev–Trinajstić information content (AvgIpc) is 3.10. The van der Waals surface area contributed by atoms with Crippen LogP contribution in [0.1, 0.15) is 205 Å². The van der Waals surface area contributed by atoms with E-state index in [1.165, 1.54) is 77.0 Å². The summed E-state index contributed by atoms with van der Waals surface area (Å²) in [6.07, 6.45) is 39.3. The molecule has 0 amide bonds. The van der Waals surface area contributed by atoms with Crippen molar-refractivity contribution in [1.82, 2.24) is 0 Å². The van der Waals surface area contributed by atoms with Crippen molar-refractivity contribution in [3.05, 3.63) is 50.6 Å². The van der Waals surface area contributed by atoms with Crippen LogP contribution in [0.3, 0.4) is 0 Å². The third-order valence-electron chi connectivity index (χ3n) is 8.16. The van der Waals surface area contributed by atoms with Crippen molar-refractivity contribution in [3.8, 4) is 0 Å². The first kappa shape index (κ1) is 60.0. The van der Waals surface area contributed by atoms with Gasteiger partial charge in [0.15, 0.2) is 0 Å². The Hall–Kier alpha value is -2.24. The molecule has 0 rings (SSSR count). The minimum Gasteiger partial charge on any atom is -0.550 e. The van der Waals surface area contributed by atoms with Gasteiger partial charge in [-0.3, -0.25) is 0 Å². The first-order chi connectivity index (χ1) is 25.1. The Morgan fingerprint density at radius 2 is 0.415 bits per heavy atom. The average molecular weight is 940 g/mol. The van der Waals surface area contributed by atoms with Crippen LogP contribution in [0, 0.1) is 0 Å². The maximum absolute atomic E-state index is 10.1. The van der Waals surface area contributed by atoms with Crippen molar-refractivity contribution in [1.29, 1.82) is 0 Å². The van der Waals surface area contributed by atoms with Crippen LogP contribution < -0.4 is 20.4 Å². The van der Waals surface area contributed by atoms with Crippen LogP contribution in [-0.2, 0) is 19.2 Å². The van der Waals surface area contributed by atoms with E-state index in [1.807, 2.05) is 24.3 Å². The molecule has 0 saturated carbocycles. The van der Waals surface area contributed by atoms with E-state index in [1.54, 1.807) is 0 Å². The molecule has 0 aromatic rings. The van der Waals surface area contributed by atoms with Crippen LogP contribution in [0.25, 0.3) is 0 Å². The first-order valence-electron chi connectivity index (χ1n) is 20.3. The minimum atomic E-state index is -0.924. The molecule has 0 N–H and O–H groups in total. The number of carbonyl (C=O) groups excluding carboxylic acids is 4. The third kappa shape index (κ3) is 79.6. The molecule has 0 heterocycles. The van der Waals surface area contributed by atoms with E-state index in [0.29, 0.717) is 0 Å². The van der Waals surface area contributed by atoms with Crippen LogP contribution in [0.15, 0.2) is 50.6 Å². The predicted octanol–water partition coefficient (Wildman–Crippen LogP) is 7.79. The topological polar surface area (TPSA) is 161 Å². The Morgan fingerprint density at radius 1 is 0.283 bits per heavy atom. The molecule has 0 fully saturated rings. The number of carboxylic acids is 4. The number of carbonyl (C=O) groups is 4. The molecule has 0 aliphatic heterocycles. The quantitative estimate of drug-likeness (QED) is 0.0350. The van der Waals surface area contributed by atoms with Gasteiger partial charge in [-0.2, -0.15) is 0 Å². The fourth-order valence-electron chi connectivity index (χ4n) is 5.06. The number of aliphatic carboxylic acids is 4. The molecule has 53 heavy (non-hydrogen) atoms. The molecule has 0 aromatic carbocycles. The Morgan fingerprint density at radius 3 is 0.547 bits per heavy atom. The second-order valence-corrected chi connectivity index (χ2v) is 13.3. The number of hydrogen-bond acceptors (Lipinski definition) is 8. The molecule has 9 heteroatoms. The fraction of sp³-hybridized carbons (Fsp3) is 0.727. The molecule has 0 aliphatic rings. The molecular formula is C44H76O8Pb. The maximum atomic E-state index is 10.1. The molecule has 8 nitrogen and oxygen atoms in total. The zero-order chi connectivity index (χ0) is 39.8. The molecule has 0 spiro atoms. The maximum Gasteiger partial charge on any atom is 4.00 e. The molecule has 0 aliphatic carbocycles. The smallest absolute Gasteiger partial charge is 0.550 e. The van der Waals surface area contributed by atoms with E-state index in [4.69, 9.17) is 0 Å². The minimum absolute atomic E-state index is 0. The summed E-state index contributed by atoms with van der Waals surface area (Å²) < 4.78 is 0. The summed E-state index contributed by atoms with van der Waals surface area (Å²) in [4.78, 5) is 40.2. The van der Waals surface area contributed by atoms with E-state index in [0.717, 1.165) is 103 Å². The van der Waals surface area contributed by atoms with Crippen molar-refractivity contribution >= 4 is 51.2 Å². The number of rotatable bonds is 36. The van der Waals surface area contributed by atoms with Crippen LogP contribution in [0.4, 0.5) is 0 Å². The SMILES string of the molecule is C=CCCCCCCCCC(=O)[O-].C=CCCCCCCCCC(=O)[O-].C=CCCCCCCCCC(=O)[O-].C=CCCCCCCCCC(=O)[O-].[Pb+4]. The molecule has 0 bridgehead atoms. The number of unbranched alkanes of at least 4 members (excludes halogenated alkanes) is 24. The zero-order valence-electron chi connectivity index (χ0n) is 33.5. The van der Waals surface area contributed by atoms with E-state index in [9.17, 15) is 39.6 Å². The number of allylic oxidation sites excluding steroid dienone is 4. The predicted molar refractivity (Wildman–Crippen MR) is 214 cm³/mol. The van der Waals surface area contributed by atoms with E-state index in [2.05, 4.69) is 26.3 Å². The van der Waals surface area contributed by atoms with E-state index >= 15 is 0 Å². The van der Waals surface area contributed by atoms with Gasteiger partial charge in [0.05, 0.1) is 0 Å². The van der Waals surface area contributed by atoms with Crippen molar-refractivity contribution in [2.75, 3.05) is 0 Å². The largest absolute Gasteiger partial charge is 4.00 e. The summed E-state index contributed by atoms with van der Waals surface area (Å²) in [7, 11) is 0. The van der Waals surface area contributed by atoms with Gasteiger partial charge in [-0.25, -0.2) is 0 Å². The number of carboxylic acid groups (broad SMARTS) is 4. The summed E-state index contributed by atoms with van der Waals surface area (Å²) >= 11 is 0. The Kier molecular flexibility index (Phi) is 64.0. The van der Waals surface area contributed by atoms with Gasteiger partial charge in [0.1, 0.15) is 0 Å². The Balaban J connectivity index is -0.000000192. The van der Waals surface area contributed by atoms with Gasteiger partial charge in [-0.05, 0) is 103 Å². The fourth-order valence-corrected chi connectivity index (χ4v) is 5.06. The van der Waals surface area contributed by atoms with Crippen molar-refractivity contribution in [2.45, 2.75) is 205 Å². The molecule has 0 atom stereocenters. The molecule has 0 aromatic heterocycles. The summed E-state index contributed by atoms with van der Waals surface area (Å²) in [5.41, 5.74) is 0. The molecule has 304 valence electrons. The normalized spacial score (nSPS) is 9.66. The van der Waals surface area contributed by atoms with E-state index < -0.39 is 23.9 Å². The van der Waals surface area contributed by atoms with E-state index in [-0.39, 0.29) is 53.0 Å². The van der Waals surface area contributed by atoms with Gasteiger partial charge < -0.3 is 39.6 Å². The van der Waals surface area contributed by atoms with Crippen molar-refractivity contribution in [2.24, 2.45) is 0 Å². The van der Waals surface area contributed by atoms with Crippen LogP contribution in [-0.4, -0.2) is 51.2 Å². The zero-order valence-corrected chi connectivity index (χ0v) is 37.4. The van der Waals surface area contributed by atoms with Crippen molar-refractivity contribution in [3.63, 3.8) is 0 Å². The van der Waals surface area contributed by atoms with Gasteiger partial charge in [0, 0.05) is 23.9 Å². The molecular weight excluding hydrogens is 864 g/mol. The summed E-state index contributed by atoms with van der Waals surface area (Å²) in [5, 5.41) is 40.2. The molecule has 0 saturated heterocycles. The number of hydrogen-bond donors (Lipinski definition) is 0. The third-order valence-corrected chi connectivity index (χ3v) is 8.16. The second-order valence-electron chi connectivity index (χ2n) is 13.3. The van der Waals surface area contributed by atoms with Crippen LogP contribution in [0.5, 0.6) is 0 Å². The van der Waals surface area contributed by atoms with Crippen LogP contribution in [0.2, 0.25) is 0 Å². The molecule has 0 radical (unpaired) electrons. The van der Waals surface area contributed by atoms with Crippen LogP contribution >= 0.6 is 0 Å². The first-order valence-corrected chi connectivity index (χ1v) is 20.3. The Bertz CT molecular complexity index is 707. The second kappa shape index (κ2) is 56.5. The standard InChI is InChI=1S/4C11H20O2.Pb/c4*1-2-3-4-5-6-7-8-9-10-11(12)13;/h4*2H,1,3-10H2,(H,12,13);/q;;;;+4/p-4. The van der Waals surface area contributed by atoms with Gasteiger partial charge in [-0.1, -0.05) is 127 Å². The van der Waals surface area contributed by atoms with Gasteiger partial charge in [0.2, 0.25) is 0 Å². The van der Waals surface area contributed by atoms with Gasteiger partial charge in [-0.15, -0.1) is 26.3 Å². The summed E-state index contributed by atoms with van der Waals surface area (Å²) in [6, 6.07) is 0. The van der Waals surface area contributed by atoms with Crippen molar-refractivity contribution < 1.29 is 39.6 Å². The Labute approximate surface area is 345 Å². The summed E-state index contributed by atoms with van der Waals surface area (Å²) in [5.74, 6) is -3.70. The van der Waals surface area contributed by atoms with Gasteiger partial charge >= 0.3 is 27.3 Å². The molecule has 0 unspecified atom stereocenters.